The van der Waals surface area contributed by atoms with Gasteiger partial charge in [-0.3, -0.25) is 9.59 Å². The minimum Gasteiger partial charge on any atom is -0.423 e. The summed E-state index contributed by atoms with van der Waals surface area (Å²) >= 11 is 0. The molecule has 1 aliphatic heterocycles. The van der Waals surface area contributed by atoms with Crippen LogP contribution >= 0.6 is 0 Å². The number of nitrogens with zero attached hydrogens (tertiary/aromatic N) is 1. The first kappa shape index (κ1) is 23.4. The quantitative estimate of drug-likeness (QED) is 0.246. The van der Waals surface area contributed by atoms with E-state index in [1.807, 2.05) is 0 Å². The van der Waals surface area contributed by atoms with Gasteiger partial charge in [0.05, 0.1) is 16.9 Å². The maximum atomic E-state index is 13.4. The van der Waals surface area contributed by atoms with Gasteiger partial charge in [-0.2, -0.15) is 8.42 Å². The van der Waals surface area contributed by atoms with E-state index in [0.717, 1.165) is 19.3 Å². The van der Waals surface area contributed by atoms with Gasteiger partial charge in [-0.25, -0.2) is 4.79 Å². The number of carbonyl (C=O) groups is 3. The number of hydrogen-bond acceptors (Lipinski definition) is 7. The fourth-order valence-corrected chi connectivity index (χ4v) is 8.88. The third-order valence-electron chi connectivity index (χ3n) is 8.18. The molecule has 1 heterocycles. The van der Waals surface area contributed by atoms with E-state index in [2.05, 4.69) is 6.58 Å². The van der Waals surface area contributed by atoms with Gasteiger partial charge in [0.25, 0.3) is 21.9 Å². The third kappa shape index (κ3) is 3.85. The molecule has 0 atom stereocenters. The van der Waals surface area contributed by atoms with Gasteiger partial charge in [0.2, 0.25) is 0 Å². The van der Waals surface area contributed by atoms with Crippen LogP contribution in [0.2, 0.25) is 0 Å². The highest BCUT2D eigenvalue weighted by atomic mass is 32.2. The normalized spacial score (nSPS) is 28.6. The monoisotopic (exact) mass is 509 g/mol. The maximum Gasteiger partial charge on any atom is 0.338 e. The van der Waals surface area contributed by atoms with Crippen LogP contribution in [-0.4, -0.2) is 37.0 Å². The predicted octanol–water partition coefficient (Wildman–Crippen LogP) is 4.40. The third-order valence-corrected chi connectivity index (χ3v) is 9.52. The summed E-state index contributed by atoms with van der Waals surface area (Å²) in [7, 11) is -4.23. The molecule has 0 N–H and O–H groups in total. The zero-order chi connectivity index (χ0) is 25.4. The Morgan fingerprint density at radius 2 is 1.64 bits per heavy atom. The van der Waals surface area contributed by atoms with Crippen molar-refractivity contribution in [2.24, 2.45) is 23.2 Å². The molecule has 4 saturated carbocycles. The van der Waals surface area contributed by atoms with Gasteiger partial charge in [-0.15, -0.1) is 9.35 Å². The average molecular weight is 510 g/mol. The van der Waals surface area contributed by atoms with E-state index < -0.39 is 27.9 Å². The van der Waals surface area contributed by atoms with E-state index in [1.54, 1.807) is 18.2 Å². The lowest BCUT2D eigenvalue weighted by Crippen LogP contribution is -2.50. The average Bonchev–Trinajstić information content (AvgIpc) is 2.78. The number of amides is 2. The molecule has 9 heteroatoms. The standard InChI is InChI=1S/C27H27NO7S/c1-15(2)26(31)34-20-9-19-4-3-5-21-23(19)22(10-20)25(30)28(24(21)29)35-36(32,33)14-27-11-16-6-17(12-27)8-18(7-16)13-27/h3-5,9-10,16-18H,1,6-8,11-14H2,2H3. The van der Waals surface area contributed by atoms with Crippen LogP contribution in [0.5, 0.6) is 5.75 Å². The van der Waals surface area contributed by atoms with Crippen molar-refractivity contribution >= 4 is 38.7 Å². The Morgan fingerprint density at radius 3 is 2.25 bits per heavy atom. The summed E-state index contributed by atoms with van der Waals surface area (Å²) in [4.78, 5) is 38.7. The Morgan fingerprint density at radius 1 is 1.03 bits per heavy atom. The van der Waals surface area contributed by atoms with Gasteiger partial charge >= 0.3 is 5.97 Å². The van der Waals surface area contributed by atoms with Crippen LogP contribution in [0.15, 0.2) is 42.5 Å². The van der Waals surface area contributed by atoms with Crippen molar-refractivity contribution in [3.05, 3.63) is 53.6 Å². The van der Waals surface area contributed by atoms with Gasteiger partial charge in [0, 0.05) is 11.0 Å². The van der Waals surface area contributed by atoms with Gasteiger partial charge in [0.15, 0.2) is 0 Å². The number of rotatable bonds is 6. The molecule has 0 aromatic heterocycles. The minimum absolute atomic E-state index is 0.0252. The number of imide groups is 1. The second-order valence-electron chi connectivity index (χ2n) is 11.1. The minimum atomic E-state index is -4.23. The molecule has 188 valence electrons. The van der Waals surface area contributed by atoms with E-state index >= 15 is 0 Å². The molecule has 7 rings (SSSR count). The summed E-state index contributed by atoms with van der Waals surface area (Å²) in [6, 6.07) is 7.68. The van der Waals surface area contributed by atoms with Crippen molar-refractivity contribution < 1.29 is 31.8 Å². The summed E-state index contributed by atoms with van der Waals surface area (Å²) < 4.78 is 37.1. The first-order valence-corrected chi connectivity index (χ1v) is 13.9. The molecule has 5 aliphatic rings. The largest absolute Gasteiger partial charge is 0.423 e. The molecule has 0 unspecified atom stereocenters. The van der Waals surface area contributed by atoms with Crippen LogP contribution in [0.4, 0.5) is 0 Å². The van der Waals surface area contributed by atoms with Gasteiger partial charge < -0.3 is 4.74 Å². The Bertz CT molecular complexity index is 1420. The number of hydrogen-bond donors (Lipinski definition) is 0. The van der Waals surface area contributed by atoms with Gasteiger partial charge in [-0.05, 0) is 92.2 Å². The number of hydroxylamine groups is 2. The first-order chi connectivity index (χ1) is 17.0. The lowest BCUT2D eigenvalue weighted by Gasteiger charge is -2.56. The fraction of sp³-hybridized carbons (Fsp3) is 0.444. The van der Waals surface area contributed by atoms with Crippen molar-refractivity contribution in [2.75, 3.05) is 5.75 Å². The van der Waals surface area contributed by atoms with Crippen molar-refractivity contribution in [3.63, 3.8) is 0 Å². The van der Waals surface area contributed by atoms with Crippen molar-refractivity contribution in [1.82, 2.24) is 5.06 Å². The lowest BCUT2D eigenvalue weighted by atomic mass is 9.50. The molecule has 4 fully saturated rings. The van der Waals surface area contributed by atoms with E-state index in [-0.39, 0.29) is 33.6 Å². The number of ether oxygens (including phenoxy) is 1. The van der Waals surface area contributed by atoms with Crippen LogP contribution in [0.25, 0.3) is 10.8 Å². The second kappa shape index (κ2) is 7.98. The predicted molar refractivity (Wildman–Crippen MR) is 130 cm³/mol. The highest BCUT2D eigenvalue weighted by Crippen LogP contribution is 2.60. The molecule has 2 amide bonds. The summed E-state index contributed by atoms with van der Waals surface area (Å²) in [6.45, 7) is 5.05. The van der Waals surface area contributed by atoms with Gasteiger partial charge in [-0.1, -0.05) is 18.7 Å². The molecule has 0 saturated heterocycles. The topological polar surface area (TPSA) is 107 Å². The summed E-state index contributed by atoms with van der Waals surface area (Å²) in [5, 5.41) is 1.21. The molecular weight excluding hydrogens is 482 g/mol. The molecular formula is C27H27NO7S. The summed E-state index contributed by atoms with van der Waals surface area (Å²) in [5.41, 5.74) is -0.000981. The SMILES string of the molecule is C=C(C)C(=O)Oc1cc2c3c(cccc3c1)C(=O)N(OS(=O)(=O)CC13CC4CC(CC(C4)C1)C3)C2=O. The van der Waals surface area contributed by atoms with Crippen molar-refractivity contribution in [2.45, 2.75) is 45.4 Å². The first-order valence-electron chi connectivity index (χ1n) is 12.3. The molecule has 0 radical (unpaired) electrons. The Kier molecular flexibility index (Phi) is 5.18. The Hall–Kier alpha value is -3.04. The number of benzene rings is 2. The van der Waals surface area contributed by atoms with E-state index in [1.165, 1.54) is 38.3 Å². The Balaban J connectivity index is 1.31. The molecule has 2 aromatic carbocycles. The zero-order valence-corrected chi connectivity index (χ0v) is 20.8. The highest BCUT2D eigenvalue weighted by Gasteiger charge is 2.53. The number of esters is 1. The summed E-state index contributed by atoms with van der Waals surface area (Å²) in [5.74, 6) is -0.873. The van der Waals surface area contributed by atoms with Crippen molar-refractivity contribution in [3.8, 4) is 5.75 Å². The van der Waals surface area contributed by atoms with Crippen LogP contribution < -0.4 is 4.74 Å². The van der Waals surface area contributed by atoms with Crippen molar-refractivity contribution in [1.29, 1.82) is 0 Å². The fourth-order valence-electron chi connectivity index (χ4n) is 7.36. The van der Waals surface area contributed by atoms with Crippen LogP contribution in [0, 0.1) is 23.2 Å². The molecule has 0 spiro atoms. The van der Waals surface area contributed by atoms with E-state index in [9.17, 15) is 22.8 Å². The van der Waals surface area contributed by atoms with E-state index in [0.29, 0.717) is 33.6 Å². The molecule has 36 heavy (non-hydrogen) atoms. The Labute approximate surface area is 209 Å². The van der Waals surface area contributed by atoms with E-state index in [4.69, 9.17) is 9.02 Å². The molecule has 2 aromatic rings. The second-order valence-corrected chi connectivity index (χ2v) is 12.7. The maximum absolute atomic E-state index is 13.4. The number of carbonyl (C=O) groups excluding carboxylic acids is 3. The van der Waals surface area contributed by atoms with Crippen LogP contribution in [-0.2, 0) is 19.2 Å². The van der Waals surface area contributed by atoms with Gasteiger partial charge in [0.1, 0.15) is 5.75 Å². The molecule has 8 nitrogen and oxygen atoms in total. The smallest absolute Gasteiger partial charge is 0.338 e. The highest BCUT2D eigenvalue weighted by molar-refractivity contribution is 7.86. The summed E-state index contributed by atoms with van der Waals surface area (Å²) in [6.07, 6.45) is 6.06. The zero-order valence-electron chi connectivity index (χ0n) is 20.0. The van der Waals surface area contributed by atoms with Crippen LogP contribution in [0.1, 0.15) is 66.2 Å². The molecule has 4 aliphatic carbocycles. The molecule has 4 bridgehead atoms. The lowest BCUT2D eigenvalue weighted by molar-refractivity contribution is -0.130. The van der Waals surface area contributed by atoms with Crippen LogP contribution in [0.3, 0.4) is 0 Å².